The van der Waals surface area contributed by atoms with E-state index in [-0.39, 0.29) is 12.0 Å². The van der Waals surface area contributed by atoms with Crippen molar-refractivity contribution < 1.29 is 14.1 Å². The fraction of sp³-hybridized carbons (Fsp3) is 0.556. The second-order valence-corrected chi connectivity index (χ2v) is 2.89. The Morgan fingerprint density at radius 3 is 3.14 bits per heavy atom. The molecular weight excluding hydrogens is 184 g/mol. The number of rotatable bonds is 5. The van der Waals surface area contributed by atoms with E-state index < -0.39 is 0 Å². The molecule has 1 N–H and O–H groups in total. The summed E-state index contributed by atoms with van der Waals surface area (Å²) >= 11 is 0. The molecule has 0 aliphatic carbocycles. The Morgan fingerprint density at radius 2 is 2.57 bits per heavy atom. The lowest BCUT2D eigenvalue weighted by atomic mass is 10.3. The molecule has 0 radical (unpaired) electrons. The first-order valence-corrected chi connectivity index (χ1v) is 4.52. The molecule has 0 saturated heterocycles. The van der Waals surface area contributed by atoms with E-state index in [9.17, 15) is 4.79 Å². The summed E-state index contributed by atoms with van der Waals surface area (Å²) in [7, 11) is 0. The lowest BCUT2D eigenvalue weighted by Crippen LogP contribution is -2.34. The first-order chi connectivity index (χ1) is 6.74. The minimum Gasteiger partial charge on any atom is -0.465 e. The van der Waals surface area contributed by atoms with E-state index in [1.807, 2.05) is 0 Å². The summed E-state index contributed by atoms with van der Waals surface area (Å²) < 4.78 is 9.48. The zero-order valence-corrected chi connectivity index (χ0v) is 8.32. The van der Waals surface area contributed by atoms with Gasteiger partial charge in [0.1, 0.15) is 12.3 Å². The van der Waals surface area contributed by atoms with Crippen molar-refractivity contribution >= 4 is 5.97 Å². The van der Waals surface area contributed by atoms with Gasteiger partial charge in [0.05, 0.1) is 12.8 Å². The maximum absolute atomic E-state index is 11.2. The molecule has 0 aromatic carbocycles. The minimum atomic E-state index is -0.315. The molecule has 0 spiro atoms. The lowest BCUT2D eigenvalue weighted by Gasteiger charge is -2.10. The molecule has 0 saturated carbocycles. The van der Waals surface area contributed by atoms with Crippen LogP contribution in [0.2, 0.25) is 0 Å². The number of carbonyl (C=O) groups excluding carboxylic acids is 1. The van der Waals surface area contributed by atoms with Crippen LogP contribution in [-0.4, -0.2) is 23.8 Å². The molecule has 0 bridgehead atoms. The van der Waals surface area contributed by atoms with Crippen LogP contribution < -0.4 is 5.32 Å². The molecule has 0 aliphatic rings. The number of ether oxygens (including phenoxy) is 1. The van der Waals surface area contributed by atoms with Crippen molar-refractivity contribution in [2.45, 2.75) is 26.4 Å². The van der Waals surface area contributed by atoms with Crippen molar-refractivity contribution in [1.29, 1.82) is 0 Å². The monoisotopic (exact) mass is 198 g/mol. The maximum Gasteiger partial charge on any atom is 0.322 e. The minimum absolute atomic E-state index is 0.246. The largest absolute Gasteiger partial charge is 0.465 e. The van der Waals surface area contributed by atoms with Crippen molar-refractivity contribution in [3.63, 3.8) is 0 Å². The third-order valence-corrected chi connectivity index (χ3v) is 1.74. The molecular formula is C9H14N2O3. The number of hydrogen-bond donors (Lipinski definition) is 1. The number of nitrogens with one attached hydrogen (secondary N) is 1. The van der Waals surface area contributed by atoms with Crippen LogP contribution in [0.5, 0.6) is 0 Å². The van der Waals surface area contributed by atoms with E-state index in [0.29, 0.717) is 13.2 Å². The van der Waals surface area contributed by atoms with Gasteiger partial charge in [0.15, 0.2) is 0 Å². The van der Waals surface area contributed by atoms with Crippen molar-refractivity contribution in [3.05, 3.63) is 18.0 Å². The Morgan fingerprint density at radius 1 is 1.79 bits per heavy atom. The molecule has 1 atom stereocenters. The van der Waals surface area contributed by atoms with E-state index >= 15 is 0 Å². The molecule has 1 rings (SSSR count). The number of aromatic nitrogens is 1. The van der Waals surface area contributed by atoms with Gasteiger partial charge in [-0.15, -0.1) is 0 Å². The average Bonchev–Trinajstić information content (AvgIpc) is 2.67. The van der Waals surface area contributed by atoms with E-state index in [1.54, 1.807) is 20.0 Å². The van der Waals surface area contributed by atoms with Gasteiger partial charge < -0.3 is 14.6 Å². The van der Waals surface area contributed by atoms with E-state index in [4.69, 9.17) is 4.74 Å². The van der Waals surface area contributed by atoms with Gasteiger partial charge in [0.25, 0.3) is 0 Å². The molecule has 1 aromatic heterocycles. The van der Waals surface area contributed by atoms with Gasteiger partial charge >= 0.3 is 5.97 Å². The van der Waals surface area contributed by atoms with Crippen LogP contribution in [-0.2, 0) is 16.1 Å². The van der Waals surface area contributed by atoms with Gasteiger partial charge in [0.2, 0.25) is 0 Å². The Labute approximate surface area is 82.4 Å². The Balaban J connectivity index is 2.27. The van der Waals surface area contributed by atoms with Gasteiger partial charge in [-0.05, 0) is 13.8 Å². The predicted molar refractivity (Wildman–Crippen MR) is 49.4 cm³/mol. The van der Waals surface area contributed by atoms with Gasteiger partial charge in [-0.2, -0.15) is 0 Å². The molecule has 1 heterocycles. The summed E-state index contributed by atoms with van der Waals surface area (Å²) in [6, 6.07) is -0.315. The second-order valence-electron chi connectivity index (χ2n) is 2.89. The van der Waals surface area contributed by atoms with Crippen LogP contribution in [0.15, 0.2) is 17.0 Å². The van der Waals surface area contributed by atoms with Crippen molar-refractivity contribution in [2.75, 3.05) is 6.61 Å². The number of hydrogen-bond acceptors (Lipinski definition) is 5. The first kappa shape index (κ1) is 10.7. The zero-order valence-electron chi connectivity index (χ0n) is 8.32. The fourth-order valence-electron chi connectivity index (χ4n) is 0.936. The molecule has 78 valence electrons. The summed E-state index contributed by atoms with van der Waals surface area (Å²) in [6.45, 7) is 4.48. The van der Waals surface area contributed by atoms with Gasteiger partial charge in [0, 0.05) is 12.1 Å². The van der Waals surface area contributed by atoms with Crippen LogP contribution in [0.4, 0.5) is 0 Å². The molecule has 14 heavy (non-hydrogen) atoms. The molecule has 0 amide bonds. The van der Waals surface area contributed by atoms with Crippen molar-refractivity contribution in [1.82, 2.24) is 10.5 Å². The number of carbonyl (C=O) groups is 1. The van der Waals surface area contributed by atoms with Gasteiger partial charge in [-0.1, -0.05) is 5.16 Å². The average molecular weight is 198 g/mol. The Kier molecular flexibility index (Phi) is 4.12. The van der Waals surface area contributed by atoms with Crippen molar-refractivity contribution in [2.24, 2.45) is 0 Å². The summed E-state index contributed by atoms with van der Waals surface area (Å²) in [5.74, 6) is -0.246. The molecule has 0 aliphatic heterocycles. The third kappa shape index (κ3) is 3.18. The summed E-state index contributed by atoms with van der Waals surface area (Å²) in [6.07, 6.45) is 3.13. The maximum atomic E-state index is 11.2. The normalized spacial score (nSPS) is 12.4. The van der Waals surface area contributed by atoms with E-state index in [1.165, 1.54) is 6.26 Å². The highest BCUT2D eigenvalue weighted by Crippen LogP contribution is 1.97. The number of nitrogens with zero attached hydrogens (tertiary/aromatic N) is 1. The molecule has 1 unspecified atom stereocenters. The topological polar surface area (TPSA) is 64.4 Å². The molecule has 5 nitrogen and oxygen atoms in total. The van der Waals surface area contributed by atoms with Crippen LogP contribution in [0, 0.1) is 0 Å². The summed E-state index contributed by atoms with van der Waals surface area (Å²) in [5.41, 5.74) is 0.904. The Bertz CT molecular complexity index is 272. The fourth-order valence-corrected chi connectivity index (χ4v) is 0.936. The first-order valence-electron chi connectivity index (χ1n) is 4.52. The van der Waals surface area contributed by atoms with Crippen molar-refractivity contribution in [3.8, 4) is 0 Å². The highest BCUT2D eigenvalue weighted by Gasteiger charge is 2.12. The summed E-state index contributed by atoms with van der Waals surface area (Å²) in [4.78, 5) is 11.2. The molecule has 5 heteroatoms. The van der Waals surface area contributed by atoms with Crippen LogP contribution in [0.1, 0.15) is 19.4 Å². The van der Waals surface area contributed by atoms with Crippen LogP contribution in [0.3, 0.4) is 0 Å². The zero-order chi connectivity index (χ0) is 10.4. The predicted octanol–water partition coefficient (Wildman–Crippen LogP) is 0.716. The summed E-state index contributed by atoms with van der Waals surface area (Å²) in [5, 5.41) is 6.55. The number of esters is 1. The van der Waals surface area contributed by atoms with E-state index in [2.05, 4.69) is 15.0 Å². The van der Waals surface area contributed by atoms with Gasteiger partial charge in [-0.3, -0.25) is 4.79 Å². The van der Waals surface area contributed by atoms with Crippen LogP contribution in [0.25, 0.3) is 0 Å². The molecule has 0 fully saturated rings. The lowest BCUT2D eigenvalue weighted by molar-refractivity contribution is -0.145. The highest BCUT2D eigenvalue weighted by atomic mass is 16.5. The SMILES string of the molecule is CCOC(=O)C(C)NCc1cnoc1. The Hall–Kier alpha value is -1.36. The molecule has 1 aromatic rings. The smallest absolute Gasteiger partial charge is 0.322 e. The van der Waals surface area contributed by atoms with Gasteiger partial charge in [-0.25, -0.2) is 0 Å². The third-order valence-electron chi connectivity index (χ3n) is 1.74. The van der Waals surface area contributed by atoms with Crippen LogP contribution >= 0.6 is 0 Å². The quantitative estimate of drug-likeness (QED) is 0.706. The standard InChI is InChI=1S/C9H14N2O3/c1-3-13-9(12)7(2)10-4-8-5-11-14-6-8/h5-7,10H,3-4H2,1-2H3. The highest BCUT2D eigenvalue weighted by molar-refractivity contribution is 5.75. The van der Waals surface area contributed by atoms with E-state index in [0.717, 1.165) is 5.56 Å². The second kappa shape index (κ2) is 5.39.